The number of hydrogen-bond donors (Lipinski definition) is 1. The van der Waals surface area contributed by atoms with Crippen molar-refractivity contribution in [1.29, 1.82) is 0 Å². The summed E-state index contributed by atoms with van der Waals surface area (Å²) in [4.78, 5) is 0. The topological polar surface area (TPSA) is 12.0 Å². The predicted molar refractivity (Wildman–Crippen MR) is 69.7 cm³/mol. The molecule has 0 aromatic heterocycles. The van der Waals surface area contributed by atoms with Crippen molar-refractivity contribution in [3.05, 3.63) is 25.3 Å². The van der Waals surface area contributed by atoms with Gasteiger partial charge in [-0.25, -0.2) is 0 Å². The van der Waals surface area contributed by atoms with Crippen LogP contribution < -0.4 is 5.32 Å². The van der Waals surface area contributed by atoms with Gasteiger partial charge >= 0.3 is 0 Å². The first-order chi connectivity index (χ1) is 6.72. The summed E-state index contributed by atoms with van der Waals surface area (Å²) in [6, 6.07) is 0. The van der Waals surface area contributed by atoms with Crippen LogP contribution in [-0.2, 0) is 0 Å². The molecule has 0 aliphatic carbocycles. The van der Waals surface area contributed by atoms with Crippen LogP contribution in [0.1, 0.15) is 40.5 Å². The summed E-state index contributed by atoms with van der Waals surface area (Å²) in [6.07, 6.45) is 2.44. The zero-order valence-electron chi connectivity index (χ0n) is 10.8. The summed E-state index contributed by atoms with van der Waals surface area (Å²) in [5.74, 6) is 0.715. The molecule has 0 fully saturated rings. The molecular formula is C13H29N. The molecule has 0 radical (unpaired) electrons. The van der Waals surface area contributed by atoms with E-state index in [0.29, 0.717) is 5.92 Å². The number of rotatable bonds is 5. The number of hydrogen-bond acceptors (Lipinski definition) is 1. The molecule has 0 amide bonds. The van der Waals surface area contributed by atoms with Crippen LogP contribution >= 0.6 is 0 Å². The van der Waals surface area contributed by atoms with Gasteiger partial charge in [0.1, 0.15) is 0 Å². The molecule has 0 heterocycles. The van der Waals surface area contributed by atoms with Gasteiger partial charge in [-0.3, -0.25) is 0 Å². The van der Waals surface area contributed by atoms with Crippen LogP contribution in [-0.4, -0.2) is 13.6 Å². The molecule has 1 unspecified atom stereocenters. The van der Waals surface area contributed by atoms with Crippen molar-refractivity contribution in [2.75, 3.05) is 13.6 Å². The Labute approximate surface area is 91.3 Å². The molecule has 0 aliphatic rings. The van der Waals surface area contributed by atoms with Gasteiger partial charge in [0.2, 0.25) is 0 Å². The fourth-order valence-corrected chi connectivity index (χ4v) is 1.12. The first-order valence-electron chi connectivity index (χ1n) is 5.52. The molecule has 0 spiro atoms. The Balaban J connectivity index is -0.000000266. The van der Waals surface area contributed by atoms with E-state index in [1.807, 2.05) is 20.9 Å². The summed E-state index contributed by atoms with van der Waals surface area (Å²) < 4.78 is 0. The van der Waals surface area contributed by atoms with Gasteiger partial charge in [0.05, 0.1) is 0 Å². The second kappa shape index (κ2) is 18.3. The van der Waals surface area contributed by atoms with E-state index in [-0.39, 0.29) is 0 Å². The second-order valence-corrected chi connectivity index (χ2v) is 2.84. The maximum absolute atomic E-state index is 3.95. The molecule has 0 aromatic carbocycles. The first-order valence-corrected chi connectivity index (χ1v) is 5.52. The van der Waals surface area contributed by atoms with E-state index in [0.717, 1.165) is 6.54 Å². The third-order valence-corrected chi connectivity index (χ3v) is 1.93. The summed E-state index contributed by atoms with van der Waals surface area (Å²) in [5.41, 5.74) is 1.32. The van der Waals surface area contributed by atoms with E-state index in [1.165, 1.54) is 18.4 Å². The van der Waals surface area contributed by atoms with Gasteiger partial charge in [0.15, 0.2) is 0 Å². The van der Waals surface area contributed by atoms with Crippen LogP contribution in [0.15, 0.2) is 25.3 Å². The molecule has 1 N–H and O–H groups in total. The Morgan fingerprint density at radius 3 is 1.93 bits per heavy atom. The Hall–Kier alpha value is -0.560. The normalized spacial score (nSPS) is 10.1. The van der Waals surface area contributed by atoms with Gasteiger partial charge < -0.3 is 5.32 Å². The highest BCUT2D eigenvalue weighted by molar-refractivity contribution is 4.95. The van der Waals surface area contributed by atoms with Crippen LogP contribution in [0.3, 0.4) is 0 Å². The Bertz CT molecular complexity index is 108. The predicted octanol–water partition coefficient (Wildman–Crippen LogP) is 4.03. The highest BCUT2D eigenvalue weighted by Gasteiger charge is 2.04. The lowest BCUT2D eigenvalue weighted by Crippen LogP contribution is -2.13. The summed E-state index contributed by atoms with van der Waals surface area (Å²) >= 11 is 0. The van der Waals surface area contributed by atoms with Crippen LogP contribution in [0, 0.1) is 5.92 Å². The Kier molecular flexibility index (Phi) is 24.9. The third-order valence-electron chi connectivity index (χ3n) is 1.93. The van der Waals surface area contributed by atoms with Crippen molar-refractivity contribution in [3.8, 4) is 0 Å². The SMILES string of the molecule is C=C.C=C(C)C(CC)CCNC.CC. The molecule has 0 aliphatic heterocycles. The molecule has 0 saturated carbocycles. The highest BCUT2D eigenvalue weighted by Crippen LogP contribution is 2.15. The van der Waals surface area contributed by atoms with E-state index >= 15 is 0 Å². The maximum Gasteiger partial charge on any atom is -0.00462 e. The lowest BCUT2D eigenvalue weighted by atomic mass is 9.95. The van der Waals surface area contributed by atoms with Gasteiger partial charge in [-0.05, 0) is 39.3 Å². The molecule has 0 aromatic rings. The van der Waals surface area contributed by atoms with Crippen LogP contribution in [0.2, 0.25) is 0 Å². The summed E-state index contributed by atoms with van der Waals surface area (Å²) in [6.45, 7) is 19.4. The lowest BCUT2D eigenvalue weighted by Gasteiger charge is -2.13. The second-order valence-electron chi connectivity index (χ2n) is 2.84. The standard InChI is InChI=1S/C9H19N.C2H6.C2H4/c1-5-9(8(2)3)6-7-10-4;2*1-2/h9-10H,2,5-7H2,1,3-4H3;1-2H3;1-2H2. The molecule has 1 atom stereocenters. The van der Waals surface area contributed by atoms with Crippen molar-refractivity contribution in [3.63, 3.8) is 0 Å². The molecule has 14 heavy (non-hydrogen) atoms. The molecule has 0 saturated heterocycles. The minimum absolute atomic E-state index is 0.715. The fourth-order valence-electron chi connectivity index (χ4n) is 1.12. The quantitative estimate of drug-likeness (QED) is 0.659. The molecule has 1 nitrogen and oxygen atoms in total. The summed E-state index contributed by atoms with van der Waals surface area (Å²) in [7, 11) is 1.99. The lowest BCUT2D eigenvalue weighted by molar-refractivity contribution is 0.527. The van der Waals surface area contributed by atoms with Crippen LogP contribution in [0.5, 0.6) is 0 Å². The average Bonchev–Trinajstić information content (AvgIpc) is 2.24. The van der Waals surface area contributed by atoms with Gasteiger partial charge in [-0.2, -0.15) is 0 Å². The minimum atomic E-state index is 0.715. The summed E-state index contributed by atoms with van der Waals surface area (Å²) in [5, 5.41) is 3.15. The monoisotopic (exact) mass is 199 g/mol. The van der Waals surface area contributed by atoms with Gasteiger partial charge in [-0.15, -0.1) is 13.2 Å². The van der Waals surface area contributed by atoms with Crippen molar-refractivity contribution >= 4 is 0 Å². The van der Waals surface area contributed by atoms with E-state index < -0.39 is 0 Å². The molecular weight excluding hydrogens is 170 g/mol. The minimum Gasteiger partial charge on any atom is -0.320 e. The van der Waals surface area contributed by atoms with Crippen molar-refractivity contribution in [1.82, 2.24) is 5.32 Å². The van der Waals surface area contributed by atoms with Crippen LogP contribution in [0.25, 0.3) is 0 Å². The maximum atomic E-state index is 3.95. The number of allylic oxidation sites excluding steroid dienone is 1. The van der Waals surface area contributed by atoms with E-state index in [4.69, 9.17) is 0 Å². The highest BCUT2D eigenvalue weighted by atomic mass is 14.8. The Morgan fingerprint density at radius 2 is 1.71 bits per heavy atom. The molecule has 86 valence electrons. The van der Waals surface area contributed by atoms with Gasteiger partial charge in [0.25, 0.3) is 0 Å². The average molecular weight is 199 g/mol. The number of nitrogens with one attached hydrogen (secondary N) is 1. The molecule has 0 bridgehead atoms. The molecule has 1 heteroatoms. The van der Waals surface area contributed by atoms with Gasteiger partial charge in [-0.1, -0.05) is 32.9 Å². The van der Waals surface area contributed by atoms with Gasteiger partial charge in [0, 0.05) is 0 Å². The van der Waals surface area contributed by atoms with E-state index in [9.17, 15) is 0 Å². The van der Waals surface area contributed by atoms with Crippen LogP contribution in [0.4, 0.5) is 0 Å². The fraction of sp³-hybridized carbons (Fsp3) is 0.692. The van der Waals surface area contributed by atoms with Crippen molar-refractivity contribution < 1.29 is 0 Å². The zero-order chi connectivity index (χ0) is 12.0. The van der Waals surface area contributed by atoms with E-state index in [2.05, 4.69) is 38.9 Å². The largest absolute Gasteiger partial charge is 0.320 e. The zero-order valence-corrected chi connectivity index (χ0v) is 10.8. The van der Waals surface area contributed by atoms with E-state index in [1.54, 1.807) is 0 Å². The Morgan fingerprint density at radius 1 is 1.29 bits per heavy atom. The van der Waals surface area contributed by atoms with Crippen molar-refractivity contribution in [2.45, 2.75) is 40.5 Å². The first kappa shape index (κ1) is 19.1. The third kappa shape index (κ3) is 14.0. The van der Waals surface area contributed by atoms with Crippen molar-refractivity contribution in [2.24, 2.45) is 5.92 Å². The smallest absolute Gasteiger partial charge is 0.00462 e. The molecule has 0 rings (SSSR count).